The second kappa shape index (κ2) is 9.24. The van der Waals surface area contributed by atoms with Gasteiger partial charge in [-0.3, -0.25) is 4.79 Å². The van der Waals surface area contributed by atoms with E-state index in [1.165, 1.54) is 0 Å². The lowest BCUT2D eigenvalue weighted by molar-refractivity contribution is 0.102. The van der Waals surface area contributed by atoms with Crippen molar-refractivity contribution in [2.24, 2.45) is 0 Å². The van der Waals surface area contributed by atoms with Crippen molar-refractivity contribution in [2.75, 3.05) is 11.1 Å². The van der Waals surface area contributed by atoms with E-state index in [4.69, 9.17) is 5.73 Å². The fraction of sp³-hybridized carbons (Fsp3) is 0.350. The van der Waals surface area contributed by atoms with Gasteiger partial charge in [-0.1, -0.05) is 43.5 Å². The van der Waals surface area contributed by atoms with Crippen LogP contribution in [0.3, 0.4) is 0 Å². The van der Waals surface area contributed by atoms with Crippen LogP contribution in [0.1, 0.15) is 48.0 Å². The van der Waals surface area contributed by atoms with Crippen molar-refractivity contribution in [3.63, 3.8) is 0 Å². The molecule has 0 saturated heterocycles. The number of anilines is 2. The standard InChI is InChI=1S/C20H24N2O3S.ClH/c21-19-12-5-4-11-18(19)20(23)22-16-8-6-7-15(13-16)14-26(24,25)17-9-2-1-3-10-17;/h4-8,11-13,17H,1-3,9-10,14,21H2,(H,22,23);1H. The number of benzene rings is 2. The normalized spacial score (nSPS) is 15.0. The van der Waals surface area contributed by atoms with Gasteiger partial charge in [0.15, 0.2) is 9.84 Å². The summed E-state index contributed by atoms with van der Waals surface area (Å²) >= 11 is 0. The number of sulfone groups is 1. The van der Waals surface area contributed by atoms with Gasteiger partial charge in [-0.2, -0.15) is 0 Å². The summed E-state index contributed by atoms with van der Waals surface area (Å²) in [5.41, 5.74) is 7.88. The van der Waals surface area contributed by atoms with Crippen molar-refractivity contribution in [1.82, 2.24) is 0 Å². The van der Waals surface area contributed by atoms with Gasteiger partial charge >= 0.3 is 0 Å². The summed E-state index contributed by atoms with van der Waals surface area (Å²) in [5, 5.41) is 2.55. The molecule has 0 atom stereocenters. The maximum absolute atomic E-state index is 12.7. The fourth-order valence-corrected chi connectivity index (χ4v) is 5.35. The van der Waals surface area contributed by atoms with Gasteiger partial charge in [0.2, 0.25) is 0 Å². The average molecular weight is 409 g/mol. The number of hydrogen-bond acceptors (Lipinski definition) is 4. The first kappa shape index (κ1) is 21.3. The topological polar surface area (TPSA) is 89.3 Å². The Morgan fingerprint density at radius 1 is 1.04 bits per heavy atom. The van der Waals surface area contributed by atoms with Crippen LogP contribution in [0.4, 0.5) is 11.4 Å². The molecule has 0 aliphatic heterocycles. The summed E-state index contributed by atoms with van der Waals surface area (Å²) in [6.45, 7) is 0. The molecule has 0 aromatic heterocycles. The molecule has 1 aliphatic carbocycles. The Kier molecular flexibility index (Phi) is 7.27. The van der Waals surface area contributed by atoms with Gasteiger partial charge in [0.25, 0.3) is 5.91 Å². The van der Waals surface area contributed by atoms with Crippen molar-refractivity contribution < 1.29 is 13.2 Å². The van der Waals surface area contributed by atoms with E-state index in [1.54, 1.807) is 48.5 Å². The van der Waals surface area contributed by atoms with E-state index in [2.05, 4.69) is 5.32 Å². The number of para-hydroxylation sites is 1. The molecule has 0 heterocycles. The lowest BCUT2D eigenvalue weighted by Crippen LogP contribution is -2.25. The summed E-state index contributed by atoms with van der Waals surface area (Å²) in [4.78, 5) is 12.4. The Labute approximate surface area is 166 Å². The average Bonchev–Trinajstić information content (AvgIpc) is 2.63. The Morgan fingerprint density at radius 3 is 2.44 bits per heavy atom. The third-order valence-corrected chi connectivity index (χ3v) is 7.04. The second-order valence-corrected chi connectivity index (χ2v) is 9.09. The third kappa shape index (κ3) is 5.47. The molecular formula is C20H25ClN2O3S. The molecule has 0 unspecified atom stereocenters. The van der Waals surface area contributed by atoms with Crippen molar-refractivity contribution in [3.05, 3.63) is 59.7 Å². The summed E-state index contributed by atoms with van der Waals surface area (Å²) in [7, 11) is -3.17. The molecule has 3 N–H and O–H groups in total. The first-order valence-electron chi connectivity index (χ1n) is 8.92. The highest BCUT2D eigenvalue weighted by atomic mass is 35.5. The SMILES string of the molecule is Cl.Nc1ccccc1C(=O)Nc1cccc(CS(=O)(=O)C2CCCCC2)c1. The van der Waals surface area contributed by atoms with E-state index in [1.807, 2.05) is 0 Å². The molecule has 2 aromatic carbocycles. The second-order valence-electron chi connectivity index (χ2n) is 6.81. The molecule has 1 saturated carbocycles. The molecule has 146 valence electrons. The lowest BCUT2D eigenvalue weighted by atomic mass is 10.0. The first-order valence-corrected chi connectivity index (χ1v) is 10.6. The molecule has 3 rings (SSSR count). The van der Waals surface area contributed by atoms with E-state index in [-0.39, 0.29) is 29.3 Å². The molecule has 0 radical (unpaired) electrons. The minimum Gasteiger partial charge on any atom is -0.398 e. The quantitative estimate of drug-likeness (QED) is 0.726. The molecule has 1 aliphatic rings. The monoisotopic (exact) mass is 408 g/mol. The summed E-state index contributed by atoms with van der Waals surface area (Å²) < 4.78 is 25.3. The van der Waals surface area contributed by atoms with Crippen molar-refractivity contribution >= 4 is 39.5 Å². The number of nitrogens with one attached hydrogen (secondary N) is 1. The predicted octanol–water partition coefficient (Wildman–Crippen LogP) is 4.19. The maximum atomic E-state index is 12.7. The number of nitrogen functional groups attached to an aromatic ring is 1. The van der Waals surface area contributed by atoms with Crippen molar-refractivity contribution in [3.8, 4) is 0 Å². The molecule has 1 fully saturated rings. The van der Waals surface area contributed by atoms with Gasteiger partial charge in [0.1, 0.15) is 0 Å². The summed E-state index contributed by atoms with van der Waals surface area (Å²) in [5.74, 6) is -0.301. The molecule has 2 aromatic rings. The van der Waals surface area contributed by atoms with Crippen LogP contribution in [-0.2, 0) is 15.6 Å². The zero-order valence-electron chi connectivity index (χ0n) is 15.1. The van der Waals surface area contributed by atoms with Crippen LogP contribution in [0.15, 0.2) is 48.5 Å². The van der Waals surface area contributed by atoms with E-state index >= 15 is 0 Å². The lowest BCUT2D eigenvalue weighted by Gasteiger charge is -2.21. The Hall–Kier alpha value is -2.05. The molecular weight excluding hydrogens is 384 g/mol. The molecule has 5 nitrogen and oxygen atoms in total. The minimum absolute atomic E-state index is 0. The number of nitrogens with two attached hydrogens (primary N) is 1. The van der Waals surface area contributed by atoms with Crippen molar-refractivity contribution in [1.29, 1.82) is 0 Å². The van der Waals surface area contributed by atoms with Gasteiger partial charge < -0.3 is 11.1 Å². The number of halogens is 1. The molecule has 0 spiro atoms. The highest BCUT2D eigenvalue weighted by Gasteiger charge is 2.27. The van der Waals surface area contributed by atoms with E-state index in [9.17, 15) is 13.2 Å². The molecule has 0 bridgehead atoms. The van der Waals surface area contributed by atoms with Crippen LogP contribution >= 0.6 is 12.4 Å². The Balaban J connectivity index is 0.00000261. The van der Waals surface area contributed by atoms with Gasteiger partial charge in [-0.25, -0.2) is 8.42 Å². The number of amides is 1. The number of carbonyl (C=O) groups excluding carboxylic acids is 1. The van der Waals surface area contributed by atoms with E-state index in [0.717, 1.165) is 32.1 Å². The highest BCUT2D eigenvalue weighted by Crippen LogP contribution is 2.26. The zero-order chi connectivity index (χ0) is 18.6. The maximum Gasteiger partial charge on any atom is 0.257 e. The van der Waals surface area contributed by atoms with Crippen LogP contribution in [-0.4, -0.2) is 19.6 Å². The highest BCUT2D eigenvalue weighted by molar-refractivity contribution is 7.91. The van der Waals surface area contributed by atoms with Gasteiger partial charge in [0, 0.05) is 11.4 Å². The van der Waals surface area contributed by atoms with Gasteiger partial charge in [-0.15, -0.1) is 12.4 Å². The molecule has 1 amide bonds. The Bertz CT molecular complexity index is 894. The zero-order valence-corrected chi connectivity index (χ0v) is 16.7. The van der Waals surface area contributed by atoms with Crippen molar-refractivity contribution in [2.45, 2.75) is 43.1 Å². The van der Waals surface area contributed by atoms with Crippen LogP contribution in [0, 0.1) is 0 Å². The smallest absolute Gasteiger partial charge is 0.257 e. The molecule has 27 heavy (non-hydrogen) atoms. The van der Waals surface area contributed by atoms with Crippen LogP contribution in [0.25, 0.3) is 0 Å². The predicted molar refractivity (Wildman–Crippen MR) is 112 cm³/mol. The van der Waals surface area contributed by atoms with Gasteiger partial charge in [0.05, 0.1) is 16.6 Å². The number of hydrogen-bond donors (Lipinski definition) is 2. The number of rotatable bonds is 5. The Morgan fingerprint density at radius 2 is 1.74 bits per heavy atom. The van der Waals surface area contributed by atoms with E-state index in [0.29, 0.717) is 22.5 Å². The largest absolute Gasteiger partial charge is 0.398 e. The summed E-state index contributed by atoms with van der Waals surface area (Å²) in [6.07, 6.45) is 4.60. The van der Waals surface area contributed by atoms with Gasteiger partial charge in [-0.05, 0) is 42.7 Å². The molecule has 7 heteroatoms. The fourth-order valence-electron chi connectivity index (χ4n) is 3.42. The first-order chi connectivity index (χ1) is 12.5. The third-order valence-electron chi connectivity index (χ3n) is 4.82. The van der Waals surface area contributed by atoms with Crippen LogP contribution in [0.5, 0.6) is 0 Å². The van der Waals surface area contributed by atoms with Crippen LogP contribution in [0.2, 0.25) is 0 Å². The number of carbonyl (C=O) groups is 1. The van der Waals surface area contributed by atoms with Crippen LogP contribution < -0.4 is 11.1 Å². The minimum atomic E-state index is -3.17. The van der Waals surface area contributed by atoms with E-state index < -0.39 is 9.84 Å². The summed E-state index contributed by atoms with van der Waals surface area (Å²) in [6, 6.07) is 13.8.